The first-order valence-electron chi connectivity index (χ1n) is 12.0. The van der Waals surface area contributed by atoms with Crippen molar-refractivity contribution in [1.29, 1.82) is 0 Å². The average Bonchev–Trinajstić information content (AvgIpc) is 2.79. The lowest BCUT2D eigenvalue weighted by molar-refractivity contribution is -0.119. The van der Waals surface area contributed by atoms with E-state index in [2.05, 4.69) is 26.1 Å². The molecule has 1 aliphatic rings. The highest BCUT2D eigenvalue weighted by atomic mass is 16.5. The van der Waals surface area contributed by atoms with E-state index in [0.29, 0.717) is 23.4 Å². The number of carbonyl (C=O) groups is 3. The van der Waals surface area contributed by atoms with Gasteiger partial charge in [0.1, 0.15) is 6.10 Å². The molecule has 1 fully saturated rings. The molecule has 2 aromatic rings. The van der Waals surface area contributed by atoms with E-state index in [1.807, 2.05) is 32.0 Å². The molecule has 0 aliphatic heterocycles. The van der Waals surface area contributed by atoms with E-state index in [-0.39, 0.29) is 17.2 Å². The van der Waals surface area contributed by atoms with Crippen LogP contribution in [-0.4, -0.2) is 30.6 Å². The molecule has 6 heteroatoms. The highest BCUT2D eigenvalue weighted by molar-refractivity contribution is 6.04. The summed E-state index contributed by atoms with van der Waals surface area (Å²) in [5.74, 6) is -0.516. The quantitative estimate of drug-likeness (QED) is 0.529. The molecule has 3 rings (SSSR count). The number of aryl methyl sites for hydroxylation is 2. The third-order valence-corrected chi connectivity index (χ3v) is 6.67. The zero-order chi connectivity index (χ0) is 24.8. The Morgan fingerprint density at radius 2 is 1.56 bits per heavy atom. The number of rotatable bonds is 7. The number of amides is 1. The predicted octanol–water partition coefficient (Wildman–Crippen LogP) is 5.72. The van der Waals surface area contributed by atoms with Gasteiger partial charge in [-0.25, -0.2) is 9.59 Å². The van der Waals surface area contributed by atoms with Crippen molar-refractivity contribution in [3.05, 3.63) is 64.7 Å². The normalized spacial score (nSPS) is 20.0. The number of hydrogen-bond acceptors (Lipinski definition) is 5. The molecule has 0 saturated heterocycles. The number of benzene rings is 2. The van der Waals surface area contributed by atoms with Crippen LogP contribution in [0.15, 0.2) is 42.5 Å². The fourth-order valence-corrected chi connectivity index (χ4v) is 4.69. The molecule has 0 unspecified atom stereocenters. The van der Waals surface area contributed by atoms with E-state index in [4.69, 9.17) is 9.47 Å². The first-order valence-corrected chi connectivity index (χ1v) is 12.0. The van der Waals surface area contributed by atoms with Crippen molar-refractivity contribution in [2.75, 3.05) is 11.9 Å². The second-order valence-corrected chi connectivity index (χ2v) is 9.71. The largest absolute Gasteiger partial charge is 0.458 e. The van der Waals surface area contributed by atoms with Crippen molar-refractivity contribution in [3.8, 4) is 0 Å². The van der Waals surface area contributed by atoms with Gasteiger partial charge in [0, 0.05) is 5.69 Å². The van der Waals surface area contributed by atoms with Gasteiger partial charge in [-0.1, -0.05) is 57.5 Å². The van der Waals surface area contributed by atoms with E-state index in [9.17, 15) is 14.4 Å². The number of ether oxygens (including phenoxy) is 2. The molecular formula is C28H35NO5. The van der Waals surface area contributed by atoms with Crippen LogP contribution in [-0.2, 0) is 14.3 Å². The van der Waals surface area contributed by atoms with Crippen molar-refractivity contribution < 1.29 is 23.9 Å². The Labute approximate surface area is 202 Å². The maximum atomic E-state index is 13.1. The van der Waals surface area contributed by atoms with Crippen LogP contribution in [0.2, 0.25) is 0 Å². The van der Waals surface area contributed by atoms with Crippen molar-refractivity contribution >= 4 is 23.5 Å². The Kier molecular flexibility index (Phi) is 8.48. The SMILES string of the molecule is Cc1cccc(C)c1NC(=O)COC(=O)c1ccccc1C(=O)O[C@@H]1C[C@@H](C)CC[C@H]1C(C)C. The van der Waals surface area contributed by atoms with Gasteiger partial charge < -0.3 is 14.8 Å². The van der Waals surface area contributed by atoms with Crippen molar-refractivity contribution in [2.24, 2.45) is 17.8 Å². The van der Waals surface area contributed by atoms with Gasteiger partial charge in [0.15, 0.2) is 6.61 Å². The van der Waals surface area contributed by atoms with Gasteiger partial charge in [0.25, 0.3) is 5.91 Å². The van der Waals surface area contributed by atoms with Gasteiger partial charge >= 0.3 is 11.9 Å². The average molecular weight is 466 g/mol. The van der Waals surface area contributed by atoms with Crippen LogP contribution < -0.4 is 5.32 Å². The maximum absolute atomic E-state index is 13.1. The summed E-state index contributed by atoms with van der Waals surface area (Å²) >= 11 is 0. The summed E-state index contributed by atoms with van der Waals surface area (Å²) in [4.78, 5) is 38.2. The number of carbonyl (C=O) groups excluding carboxylic acids is 3. The van der Waals surface area contributed by atoms with Gasteiger partial charge in [-0.3, -0.25) is 4.79 Å². The molecule has 1 N–H and O–H groups in total. The second-order valence-electron chi connectivity index (χ2n) is 9.71. The van der Waals surface area contributed by atoms with Gasteiger partial charge in [-0.15, -0.1) is 0 Å². The van der Waals surface area contributed by atoms with E-state index in [0.717, 1.165) is 30.4 Å². The van der Waals surface area contributed by atoms with Crippen LogP contribution in [0.25, 0.3) is 0 Å². The van der Waals surface area contributed by atoms with Gasteiger partial charge in [0.05, 0.1) is 11.1 Å². The molecule has 1 saturated carbocycles. The summed E-state index contributed by atoms with van der Waals surface area (Å²) in [6.07, 6.45) is 2.79. The van der Waals surface area contributed by atoms with Gasteiger partial charge in [-0.2, -0.15) is 0 Å². The lowest BCUT2D eigenvalue weighted by Gasteiger charge is -2.36. The number of para-hydroxylation sites is 1. The lowest BCUT2D eigenvalue weighted by atomic mass is 9.75. The molecule has 34 heavy (non-hydrogen) atoms. The van der Waals surface area contributed by atoms with Crippen LogP contribution in [0.5, 0.6) is 0 Å². The summed E-state index contributed by atoms with van der Waals surface area (Å²) < 4.78 is 11.2. The van der Waals surface area contributed by atoms with Crippen molar-refractivity contribution in [2.45, 2.75) is 60.0 Å². The lowest BCUT2D eigenvalue weighted by Crippen LogP contribution is -2.36. The third-order valence-electron chi connectivity index (χ3n) is 6.67. The summed E-state index contributed by atoms with van der Waals surface area (Å²) in [5.41, 5.74) is 2.80. The number of esters is 2. The zero-order valence-electron chi connectivity index (χ0n) is 20.7. The van der Waals surface area contributed by atoms with Crippen molar-refractivity contribution in [1.82, 2.24) is 0 Å². The Morgan fingerprint density at radius 1 is 0.941 bits per heavy atom. The Bertz CT molecular complexity index is 1020. The summed E-state index contributed by atoms with van der Waals surface area (Å²) in [6.45, 7) is 9.81. The summed E-state index contributed by atoms with van der Waals surface area (Å²) in [5, 5.41) is 2.79. The van der Waals surface area contributed by atoms with Crippen LogP contribution in [0.1, 0.15) is 71.9 Å². The molecule has 0 radical (unpaired) electrons. The first-order chi connectivity index (χ1) is 16.2. The van der Waals surface area contributed by atoms with Gasteiger partial charge in [0.2, 0.25) is 0 Å². The smallest absolute Gasteiger partial charge is 0.339 e. The van der Waals surface area contributed by atoms with Gasteiger partial charge in [-0.05, 0) is 67.7 Å². The molecular weight excluding hydrogens is 430 g/mol. The van der Waals surface area contributed by atoms with Crippen LogP contribution >= 0.6 is 0 Å². The second kappa shape index (κ2) is 11.3. The molecule has 6 nitrogen and oxygen atoms in total. The summed E-state index contributed by atoms with van der Waals surface area (Å²) in [7, 11) is 0. The number of nitrogens with one attached hydrogen (secondary N) is 1. The first kappa shape index (κ1) is 25.5. The summed E-state index contributed by atoms with van der Waals surface area (Å²) in [6, 6.07) is 12.1. The highest BCUT2D eigenvalue weighted by Gasteiger charge is 2.34. The zero-order valence-corrected chi connectivity index (χ0v) is 20.7. The van der Waals surface area contributed by atoms with Crippen LogP contribution in [0.4, 0.5) is 5.69 Å². The minimum Gasteiger partial charge on any atom is -0.458 e. The monoisotopic (exact) mass is 465 g/mol. The number of hydrogen-bond donors (Lipinski definition) is 1. The Balaban J connectivity index is 1.66. The predicted molar refractivity (Wildman–Crippen MR) is 132 cm³/mol. The van der Waals surface area contributed by atoms with E-state index >= 15 is 0 Å². The molecule has 0 heterocycles. The Morgan fingerprint density at radius 3 is 2.18 bits per heavy atom. The minimum absolute atomic E-state index is 0.0947. The van der Waals surface area contributed by atoms with Crippen LogP contribution in [0, 0.1) is 31.6 Å². The fraction of sp³-hybridized carbons (Fsp3) is 0.464. The maximum Gasteiger partial charge on any atom is 0.339 e. The van der Waals surface area contributed by atoms with E-state index in [1.165, 1.54) is 6.07 Å². The van der Waals surface area contributed by atoms with Crippen molar-refractivity contribution in [3.63, 3.8) is 0 Å². The molecule has 1 aliphatic carbocycles. The highest BCUT2D eigenvalue weighted by Crippen LogP contribution is 2.36. The minimum atomic E-state index is -0.735. The topological polar surface area (TPSA) is 81.7 Å². The molecule has 0 bridgehead atoms. The molecule has 0 spiro atoms. The Hall–Kier alpha value is -3.15. The third kappa shape index (κ3) is 6.25. The molecule has 182 valence electrons. The molecule has 0 aromatic heterocycles. The molecule has 3 atom stereocenters. The fourth-order valence-electron chi connectivity index (χ4n) is 4.69. The van der Waals surface area contributed by atoms with E-state index in [1.54, 1.807) is 18.2 Å². The van der Waals surface area contributed by atoms with E-state index < -0.39 is 24.5 Å². The molecule has 2 aromatic carbocycles. The number of anilines is 1. The molecule has 1 amide bonds. The van der Waals surface area contributed by atoms with Crippen LogP contribution in [0.3, 0.4) is 0 Å². The standard InChI is InChI=1S/C28H35NO5/c1-17(2)21-14-13-18(3)15-24(21)34-28(32)23-12-7-6-11-22(23)27(31)33-16-25(30)29-26-19(4)9-8-10-20(26)5/h6-12,17-18,21,24H,13-16H2,1-5H3,(H,29,30)/t18-,21-,24+/m0/s1.